The SMILES string of the molecule is C[C@@H](NC(=S)NCc1ccc(F)cc1)c1ccccn1. The summed E-state index contributed by atoms with van der Waals surface area (Å²) in [6.45, 7) is 2.55. The van der Waals surface area contributed by atoms with Crippen LogP contribution in [0.2, 0.25) is 0 Å². The summed E-state index contributed by atoms with van der Waals surface area (Å²) in [5.41, 5.74) is 1.90. The normalized spacial score (nSPS) is 11.7. The Kier molecular flexibility index (Phi) is 5.01. The van der Waals surface area contributed by atoms with Gasteiger partial charge in [0.15, 0.2) is 5.11 Å². The zero-order valence-electron chi connectivity index (χ0n) is 11.1. The molecule has 0 unspecified atom stereocenters. The Hall–Kier alpha value is -2.01. The van der Waals surface area contributed by atoms with Crippen molar-refractivity contribution in [2.45, 2.75) is 19.5 Å². The molecule has 20 heavy (non-hydrogen) atoms. The Morgan fingerprint density at radius 3 is 2.65 bits per heavy atom. The first-order valence-corrected chi connectivity index (χ1v) is 6.76. The number of nitrogens with one attached hydrogen (secondary N) is 2. The van der Waals surface area contributed by atoms with Crippen molar-refractivity contribution in [2.24, 2.45) is 0 Å². The fourth-order valence-electron chi connectivity index (χ4n) is 1.74. The Bertz CT molecular complexity index is 557. The maximum atomic E-state index is 12.8. The summed E-state index contributed by atoms with van der Waals surface area (Å²) in [7, 11) is 0. The molecule has 0 fully saturated rings. The zero-order valence-corrected chi connectivity index (χ0v) is 12.0. The first-order valence-electron chi connectivity index (χ1n) is 6.35. The summed E-state index contributed by atoms with van der Waals surface area (Å²) in [5.74, 6) is -0.238. The van der Waals surface area contributed by atoms with Crippen LogP contribution in [0, 0.1) is 5.82 Å². The van der Waals surface area contributed by atoms with Gasteiger partial charge in [-0.1, -0.05) is 18.2 Å². The van der Waals surface area contributed by atoms with E-state index in [9.17, 15) is 4.39 Å². The maximum absolute atomic E-state index is 12.8. The van der Waals surface area contributed by atoms with Crippen molar-refractivity contribution in [1.82, 2.24) is 15.6 Å². The largest absolute Gasteiger partial charge is 0.359 e. The van der Waals surface area contributed by atoms with Gasteiger partial charge in [-0.25, -0.2) is 4.39 Å². The molecule has 1 atom stereocenters. The van der Waals surface area contributed by atoms with E-state index in [-0.39, 0.29) is 11.9 Å². The summed E-state index contributed by atoms with van der Waals surface area (Å²) in [6, 6.07) is 12.1. The van der Waals surface area contributed by atoms with Gasteiger partial charge in [0.05, 0.1) is 11.7 Å². The molecule has 2 N–H and O–H groups in total. The number of aromatic nitrogens is 1. The number of thiocarbonyl (C=S) groups is 1. The van der Waals surface area contributed by atoms with Gasteiger partial charge in [0.2, 0.25) is 0 Å². The Morgan fingerprint density at radius 2 is 2.00 bits per heavy atom. The summed E-state index contributed by atoms with van der Waals surface area (Å²) < 4.78 is 12.8. The van der Waals surface area contributed by atoms with E-state index >= 15 is 0 Å². The van der Waals surface area contributed by atoms with Crippen molar-refractivity contribution in [3.63, 3.8) is 0 Å². The molecule has 0 bridgehead atoms. The van der Waals surface area contributed by atoms with Crippen LogP contribution in [-0.4, -0.2) is 10.1 Å². The minimum absolute atomic E-state index is 0.0319. The van der Waals surface area contributed by atoms with Crippen LogP contribution in [0.3, 0.4) is 0 Å². The third-order valence-electron chi connectivity index (χ3n) is 2.85. The number of halogens is 1. The van der Waals surface area contributed by atoms with Crippen molar-refractivity contribution in [3.8, 4) is 0 Å². The highest BCUT2D eigenvalue weighted by molar-refractivity contribution is 7.80. The first-order chi connectivity index (χ1) is 9.65. The average molecular weight is 289 g/mol. The van der Waals surface area contributed by atoms with Gasteiger partial charge < -0.3 is 10.6 Å². The Balaban J connectivity index is 1.82. The van der Waals surface area contributed by atoms with Crippen LogP contribution < -0.4 is 10.6 Å². The van der Waals surface area contributed by atoms with Gasteiger partial charge in [0.1, 0.15) is 5.82 Å². The quantitative estimate of drug-likeness (QED) is 0.849. The molecular formula is C15H16FN3S. The molecule has 0 saturated carbocycles. The van der Waals surface area contributed by atoms with E-state index in [4.69, 9.17) is 12.2 Å². The summed E-state index contributed by atoms with van der Waals surface area (Å²) in [5, 5.41) is 6.80. The predicted molar refractivity (Wildman–Crippen MR) is 81.6 cm³/mol. The van der Waals surface area contributed by atoms with E-state index in [1.54, 1.807) is 18.3 Å². The van der Waals surface area contributed by atoms with Crippen LogP contribution in [0.5, 0.6) is 0 Å². The lowest BCUT2D eigenvalue weighted by Gasteiger charge is -2.16. The van der Waals surface area contributed by atoms with E-state index < -0.39 is 0 Å². The first kappa shape index (κ1) is 14.4. The van der Waals surface area contributed by atoms with Gasteiger partial charge in [0.25, 0.3) is 0 Å². The Labute approximate surface area is 123 Å². The van der Waals surface area contributed by atoms with E-state index in [2.05, 4.69) is 15.6 Å². The van der Waals surface area contributed by atoms with Crippen LogP contribution in [0.25, 0.3) is 0 Å². The molecule has 2 aromatic rings. The van der Waals surface area contributed by atoms with Crippen molar-refractivity contribution in [1.29, 1.82) is 0 Å². The second kappa shape index (κ2) is 6.96. The highest BCUT2D eigenvalue weighted by Crippen LogP contribution is 2.07. The third kappa shape index (κ3) is 4.28. The monoisotopic (exact) mass is 289 g/mol. The standard InChI is InChI=1S/C15H16FN3S/c1-11(14-4-2-3-9-17-14)19-15(20)18-10-12-5-7-13(16)8-6-12/h2-9,11H,10H2,1H3,(H2,18,19,20)/t11-/m1/s1. The summed E-state index contributed by atoms with van der Waals surface area (Å²) in [6.07, 6.45) is 1.75. The second-order valence-electron chi connectivity index (χ2n) is 4.43. The van der Waals surface area contributed by atoms with Crippen molar-refractivity contribution in [2.75, 3.05) is 0 Å². The molecule has 0 saturated heterocycles. The van der Waals surface area contributed by atoms with Gasteiger partial charge in [-0.05, 0) is 49.0 Å². The summed E-state index contributed by atoms with van der Waals surface area (Å²) >= 11 is 5.23. The smallest absolute Gasteiger partial charge is 0.167 e. The molecule has 0 aliphatic carbocycles. The van der Waals surface area contributed by atoms with Crippen LogP contribution in [0.15, 0.2) is 48.7 Å². The summed E-state index contributed by atoms with van der Waals surface area (Å²) in [4.78, 5) is 4.27. The molecule has 0 amide bonds. The molecule has 0 aliphatic heterocycles. The molecule has 5 heteroatoms. The minimum Gasteiger partial charge on any atom is -0.359 e. The molecule has 1 aromatic carbocycles. The van der Waals surface area contributed by atoms with Gasteiger partial charge in [-0.15, -0.1) is 0 Å². The lowest BCUT2D eigenvalue weighted by molar-refractivity contribution is 0.626. The number of hydrogen-bond acceptors (Lipinski definition) is 2. The molecule has 0 aliphatic rings. The van der Waals surface area contributed by atoms with Gasteiger partial charge in [-0.3, -0.25) is 4.98 Å². The second-order valence-corrected chi connectivity index (χ2v) is 4.84. The highest BCUT2D eigenvalue weighted by Gasteiger charge is 2.07. The Morgan fingerprint density at radius 1 is 1.25 bits per heavy atom. The number of hydrogen-bond donors (Lipinski definition) is 2. The molecule has 0 radical (unpaired) electrons. The van der Waals surface area contributed by atoms with Crippen molar-refractivity contribution >= 4 is 17.3 Å². The van der Waals surface area contributed by atoms with Gasteiger partial charge in [0, 0.05) is 12.7 Å². The van der Waals surface area contributed by atoms with Crippen molar-refractivity contribution < 1.29 is 4.39 Å². The molecule has 1 aromatic heterocycles. The van der Waals surface area contributed by atoms with Gasteiger partial charge >= 0.3 is 0 Å². The van der Waals surface area contributed by atoms with Crippen LogP contribution in [0.4, 0.5) is 4.39 Å². The van der Waals surface area contributed by atoms with Crippen molar-refractivity contribution in [3.05, 3.63) is 65.7 Å². The number of pyridine rings is 1. The van der Waals surface area contributed by atoms with Crippen LogP contribution in [-0.2, 0) is 6.54 Å². The lowest BCUT2D eigenvalue weighted by atomic mass is 10.2. The topological polar surface area (TPSA) is 37.0 Å². The van der Waals surface area contributed by atoms with E-state index in [0.717, 1.165) is 11.3 Å². The molecule has 2 rings (SSSR count). The highest BCUT2D eigenvalue weighted by atomic mass is 32.1. The predicted octanol–water partition coefficient (Wildman–Crippen LogP) is 2.95. The number of nitrogens with zero attached hydrogens (tertiary/aromatic N) is 1. The average Bonchev–Trinajstić information content (AvgIpc) is 2.47. The molecule has 0 spiro atoms. The molecule has 1 heterocycles. The van der Waals surface area contributed by atoms with E-state index in [0.29, 0.717) is 11.7 Å². The molecular weight excluding hydrogens is 273 g/mol. The fourth-order valence-corrected chi connectivity index (χ4v) is 1.99. The van der Waals surface area contributed by atoms with Crippen LogP contribution >= 0.6 is 12.2 Å². The minimum atomic E-state index is -0.238. The van der Waals surface area contributed by atoms with Gasteiger partial charge in [-0.2, -0.15) is 0 Å². The lowest BCUT2D eigenvalue weighted by Crippen LogP contribution is -2.36. The van der Waals surface area contributed by atoms with Crippen LogP contribution in [0.1, 0.15) is 24.2 Å². The number of benzene rings is 1. The third-order valence-corrected chi connectivity index (χ3v) is 3.11. The molecule has 3 nitrogen and oxygen atoms in total. The van der Waals surface area contributed by atoms with E-state index in [1.165, 1.54) is 12.1 Å². The maximum Gasteiger partial charge on any atom is 0.167 e. The number of rotatable bonds is 4. The zero-order chi connectivity index (χ0) is 14.4. The fraction of sp³-hybridized carbons (Fsp3) is 0.200. The van der Waals surface area contributed by atoms with E-state index in [1.807, 2.05) is 25.1 Å². The molecule has 104 valence electrons.